The van der Waals surface area contributed by atoms with Crippen molar-refractivity contribution in [3.8, 4) is 0 Å². The molecule has 1 amide bonds. The largest absolute Gasteiger partial charge is 0.394 e. The molecule has 5 nitrogen and oxygen atoms in total. The van der Waals surface area contributed by atoms with Crippen LogP contribution in [0.3, 0.4) is 0 Å². The van der Waals surface area contributed by atoms with Gasteiger partial charge in [0, 0.05) is 0 Å². The second-order valence-corrected chi connectivity index (χ2v) is 11.4. The molecule has 40 heavy (non-hydrogen) atoms. The molecular formula is C35H65NO4. The van der Waals surface area contributed by atoms with Crippen molar-refractivity contribution in [2.24, 2.45) is 0 Å². The van der Waals surface area contributed by atoms with E-state index < -0.39 is 18.2 Å². The minimum atomic E-state index is -0.948. The summed E-state index contributed by atoms with van der Waals surface area (Å²) >= 11 is 0. The first kappa shape index (κ1) is 38.6. The van der Waals surface area contributed by atoms with Gasteiger partial charge in [-0.3, -0.25) is 4.79 Å². The molecule has 0 aliphatic carbocycles. The summed E-state index contributed by atoms with van der Waals surface area (Å²) in [5.74, 6) is -0.386. The van der Waals surface area contributed by atoms with E-state index in [0.29, 0.717) is 0 Å². The molecule has 0 heterocycles. The molecule has 3 atom stereocenters. The van der Waals surface area contributed by atoms with E-state index in [2.05, 4.69) is 31.3 Å². The van der Waals surface area contributed by atoms with Crippen molar-refractivity contribution >= 4 is 5.91 Å². The highest BCUT2D eigenvalue weighted by Crippen LogP contribution is 2.13. The fraction of sp³-hybridized carbons (Fsp3) is 0.800. The first-order chi connectivity index (χ1) is 19.5. The molecule has 0 aromatic rings. The molecule has 0 radical (unpaired) electrons. The van der Waals surface area contributed by atoms with Crippen molar-refractivity contribution < 1.29 is 20.1 Å². The number of aliphatic hydroxyl groups excluding tert-OH is 3. The third kappa shape index (κ3) is 26.8. The van der Waals surface area contributed by atoms with Crippen LogP contribution in [0.4, 0.5) is 0 Å². The molecule has 234 valence electrons. The maximum absolute atomic E-state index is 12.3. The van der Waals surface area contributed by atoms with E-state index in [-0.39, 0.29) is 18.9 Å². The summed E-state index contributed by atoms with van der Waals surface area (Å²) in [4.78, 5) is 12.3. The van der Waals surface area contributed by atoms with Gasteiger partial charge in [0.25, 0.3) is 0 Å². The van der Waals surface area contributed by atoms with E-state index in [0.717, 1.165) is 25.7 Å². The van der Waals surface area contributed by atoms with Gasteiger partial charge in [0.15, 0.2) is 0 Å². The van der Waals surface area contributed by atoms with Gasteiger partial charge in [-0.2, -0.15) is 0 Å². The molecule has 5 heteroatoms. The second kappa shape index (κ2) is 30.5. The smallest absolute Gasteiger partial charge is 0.223 e. The Morgan fingerprint density at radius 1 is 0.625 bits per heavy atom. The van der Waals surface area contributed by atoms with Crippen molar-refractivity contribution in [1.82, 2.24) is 5.32 Å². The first-order valence-electron chi connectivity index (χ1n) is 16.8. The van der Waals surface area contributed by atoms with Gasteiger partial charge >= 0.3 is 0 Å². The van der Waals surface area contributed by atoms with Crippen LogP contribution in [0.25, 0.3) is 0 Å². The van der Waals surface area contributed by atoms with Crippen LogP contribution in [0.1, 0.15) is 155 Å². The number of carbonyl (C=O) groups excluding carboxylic acids is 1. The number of rotatable bonds is 29. The van der Waals surface area contributed by atoms with E-state index in [1.54, 1.807) is 12.2 Å². The zero-order valence-electron chi connectivity index (χ0n) is 26.2. The molecule has 0 aliphatic rings. The molecule has 0 aromatic carbocycles. The van der Waals surface area contributed by atoms with Crippen molar-refractivity contribution in [2.75, 3.05) is 6.61 Å². The summed E-state index contributed by atoms with van der Waals surface area (Å²) in [6.07, 6.45) is 35.7. The van der Waals surface area contributed by atoms with Crippen LogP contribution in [-0.4, -0.2) is 46.1 Å². The maximum atomic E-state index is 12.3. The zero-order chi connectivity index (χ0) is 29.5. The van der Waals surface area contributed by atoms with E-state index in [9.17, 15) is 20.1 Å². The lowest BCUT2D eigenvalue weighted by molar-refractivity contribution is -0.124. The van der Waals surface area contributed by atoms with Crippen LogP contribution in [0.5, 0.6) is 0 Å². The van der Waals surface area contributed by atoms with E-state index in [4.69, 9.17) is 0 Å². The number of carbonyl (C=O) groups is 1. The lowest BCUT2D eigenvalue weighted by Crippen LogP contribution is -2.45. The Balaban J connectivity index is 3.89. The highest BCUT2D eigenvalue weighted by Gasteiger charge is 2.19. The third-order valence-electron chi connectivity index (χ3n) is 7.43. The summed E-state index contributed by atoms with van der Waals surface area (Å²) in [7, 11) is 0. The van der Waals surface area contributed by atoms with Crippen molar-refractivity contribution in [3.05, 3.63) is 36.5 Å². The average Bonchev–Trinajstić information content (AvgIpc) is 2.94. The normalized spacial score (nSPS) is 14.4. The molecule has 0 saturated carbocycles. The molecule has 3 unspecified atom stereocenters. The highest BCUT2D eigenvalue weighted by atomic mass is 16.3. The fourth-order valence-corrected chi connectivity index (χ4v) is 4.81. The van der Waals surface area contributed by atoms with Gasteiger partial charge < -0.3 is 20.6 Å². The summed E-state index contributed by atoms with van der Waals surface area (Å²) in [5.41, 5.74) is 0. The Hall–Kier alpha value is -1.43. The number of amides is 1. The molecule has 0 aliphatic heterocycles. The number of allylic oxidation sites excluding steroid dienone is 4. The summed E-state index contributed by atoms with van der Waals surface area (Å²) in [6, 6.07) is -0.771. The minimum Gasteiger partial charge on any atom is -0.394 e. The van der Waals surface area contributed by atoms with Gasteiger partial charge in [-0.1, -0.05) is 153 Å². The van der Waals surface area contributed by atoms with Crippen molar-refractivity contribution in [1.29, 1.82) is 0 Å². The van der Waals surface area contributed by atoms with Crippen molar-refractivity contribution in [3.63, 3.8) is 0 Å². The predicted molar refractivity (Wildman–Crippen MR) is 171 cm³/mol. The summed E-state index contributed by atoms with van der Waals surface area (Å²) in [5, 5.41) is 32.7. The Morgan fingerprint density at radius 3 is 1.60 bits per heavy atom. The highest BCUT2D eigenvalue weighted by molar-refractivity contribution is 5.77. The monoisotopic (exact) mass is 563 g/mol. The topological polar surface area (TPSA) is 89.8 Å². The Morgan fingerprint density at radius 2 is 1.10 bits per heavy atom. The standard InChI is InChI=1S/C35H65NO4/c1-3-5-7-9-11-13-15-16-17-19-21-23-25-27-29-34(39)33(31-37)36-35(40)30-32(38)28-26-24-22-20-18-14-12-10-8-6-4-2/h20,22,26-29,32-34,37-39H,3-19,21,23-25,30-31H2,1-2H3,(H,36,40)/b22-20-,28-26-,29-27+. The van der Waals surface area contributed by atoms with Gasteiger partial charge in [-0.25, -0.2) is 0 Å². The fourth-order valence-electron chi connectivity index (χ4n) is 4.81. The van der Waals surface area contributed by atoms with Gasteiger partial charge in [0.05, 0.1) is 31.3 Å². The van der Waals surface area contributed by atoms with E-state index in [1.165, 1.54) is 109 Å². The average molecular weight is 564 g/mol. The molecule has 0 rings (SSSR count). The summed E-state index contributed by atoms with van der Waals surface area (Å²) in [6.45, 7) is 4.13. The molecule has 0 fully saturated rings. The van der Waals surface area contributed by atoms with Crippen LogP contribution in [0, 0.1) is 0 Å². The molecule has 4 N–H and O–H groups in total. The quantitative estimate of drug-likeness (QED) is 0.0543. The number of unbranched alkanes of at least 4 members (excludes halogenated alkanes) is 18. The number of nitrogens with one attached hydrogen (secondary N) is 1. The number of hydrogen-bond donors (Lipinski definition) is 4. The molecular weight excluding hydrogens is 498 g/mol. The van der Waals surface area contributed by atoms with Crippen LogP contribution >= 0.6 is 0 Å². The van der Waals surface area contributed by atoms with E-state index in [1.807, 2.05) is 12.2 Å². The number of aliphatic hydroxyl groups is 3. The van der Waals surface area contributed by atoms with Gasteiger partial charge in [0.2, 0.25) is 5.91 Å². The molecule has 0 bridgehead atoms. The summed E-state index contributed by atoms with van der Waals surface area (Å²) < 4.78 is 0. The zero-order valence-corrected chi connectivity index (χ0v) is 26.2. The Kier molecular flexibility index (Phi) is 29.4. The van der Waals surface area contributed by atoms with Crippen LogP contribution < -0.4 is 5.32 Å². The molecule has 0 spiro atoms. The maximum Gasteiger partial charge on any atom is 0.223 e. The minimum absolute atomic E-state index is 0.0935. The third-order valence-corrected chi connectivity index (χ3v) is 7.43. The first-order valence-corrected chi connectivity index (χ1v) is 16.8. The molecule has 0 aromatic heterocycles. The lowest BCUT2D eigenvalue weighted by Gasteiger charge is -2.20. The predicted octanol–water partition coefficient (Wildman–Crippen LogP) is 8.48. The number of hydrogen-bond acceptors (Lipinski definition) is 4. The van der Waals surface area contributed by atoms with Gasteiger partial charge in [0.1, 0.15) is 0 Å². The van der Waals surface area contributed by atoms with Crippen molar-refractivity contribution in [2.45, 2.75) is 173 Å². The van der Waals surface area contributed by atoms with Crippen LogP contribution in [0.2, 0.25) is 0 Å². The van der Waals surface area contributed by atoms with Crippen LogP contribution in [0.15, 0.2) is 36.5 Å². The van der Waals surface area contributed by atoms with Gasteiger partial charge in [-0.05, 0) is 32.1 Å². The van der Waals surface area contributed by atoms with Crippen LogP contribution in [-0.2, 0) is 4.79 Å². The Labute approximate surface area is 247 Å². The SMILES string of the molecule is CCCCCCCC/C=C\C/C=C\C(O)CC(=O)NC(CO)C(O)/C=C/CCCCCCCCCCCCCC. The lowest BCUT2D eigenvalue weighted by atomic mass is 10.0. The molecule has 0 saturated heterocycles. The Bertz CT molecular complexity index is 631. The van der Waals surface area contributed by atoms with Gasteiger partial charge in [-0.15, -0.1) is 0 Å². The second-order valence-electron chi connectivity index (χ2n) is 11.4. The van der Waals surface area contributed by atoms with E-state index >= 15 is 0 Å².